The summed E-state index contributed by atoms with van der Waals surface area (Å²) in [6.45, 7) is 6.50. The second kappa shape index (κ2) is 3.83. The van der Waals surface area contributed by atoms with E-state index in [1.807, 2.05) is 0 Å². The van der Waals surface area contributed by atoms with E-state index >= 15 is 0 Å². The Morgan fingerprint density at radius 3 is 2.00 bits per heavy atom. The van der Waals surface area contributed by atoms with Crippen LogP contribution < -0.4 is 5.32 Å². The van der Waals surface area contributed by atoms with Crippen molar-refractivity contribution in [2.24, 2.45) is 0 Å². The molecular weight excluding hydrogens is 130 g/mol. The van der Waals surface area contributed by atoms with Crippen molar-refractivity contribution in [3.63, 3.8) is 0 Å². The van der Waals surface area contributed by atoms with Gasteiger partial charge in [0, 0.05) is 5.54 Å². The van der Waals surface area contributed by atoms with Gasteiger partial charge < -0.3 is 5.32 Å². The Kier molecular flexibility index (Phi) is 3.78. The molecule has 0 radical (unpaired) electrons. The van der Waals surface area contributed by atoms with Crippen LogP contribution in [0.25, 0.3) is 0 Å². The first-order valence-electron chi connectivity index (χ1n) is 3.40. The molecule has 0 aliphatic carbocycles. The van der Waals surface area contributed by atoms with Crippen LogP contribution in [-0.2, 0) is 0 Å². The molecule has 0 atom stereocenters. The lowest BCUT2D eigenvalue weighted by Gasteiger charge is -2.26. The maximum absolute atomic E-state index is 4.70. The van der Waals surface area contributed by atoms with Gasteiger partial charge in [-0.25, -0.2) is 0 Å². The van der Waals surface area contributed by atoms with Crippen molar-refractivity contribution in [2.45, 2.75) is 39.2 Å². The molecule has 0 bridgehead atoms. The lowest BCUT2D eigenvalue weighted by atomic mass is 9.96. The maximum Gasteiger partial charge on any atom is 0.0619 e. The zero-order chi connectivity index (χ0) is 7.33. The topological polar surface area (TPSA) is 12.0 Å². The zero-order valence-electron chi connectivity index (χ0n) is 6.40. The van der Waals surface area contributed by atoms with Gasteiger partial charge >= 0.3 is 0 Å². The Morgan fingerprint density at radius 2 is 1.89 bits per heavy atom. The fourth-order valence-corrected chi connectivity index (χ4v) is 0.881. The second-order valence-electron chi connectivity index (χ2n) is 2.53. The molecule has 0 aliphatic rings. The first kappa shape index (κ1) is 8.89. The van der Waals surface area contributed by atoms with Gasteiger partial charge in [0.25, 0.3) is 0 Å². The highest BCUT2D eigenvalue weighted by atomic mass is 32.1. The van der Waals surface area contributed by atoms with E-state index < -0.39 is 0 Å². The third kappa shape index (κ3) is 2.80. The van der Waals surface area contributed by atoms with Crippen molar-refractivity contribution in [1.29, 1.82) is 0 Å². The van der Waals surface area contributed by atoms with E-state index in [2.05, 4.69) is 26.1 Å². The molecule has 0 heterocycles. The molecule has 0 amide bonds. The van der Waals surface area contributed by atoms with Gasteiger partial charge in [0.2, 0.25) is 0 Å². The minimum absolute atomic E-state index is 0.224. The summed E-state index contributed by atoms with van der Waals surface area (Å²) in [5.41, 5.74) is 1.83. The molecule has 0 aromatic heterocycles. The smallest absolute Gasteiger partial charge is 0.0619 e. The highest BCUT2D eigenvalue weighted by Crippen LogP contribution is 2.11. The molecule has 2 heteroatoms. The Bertz CT molecular complexity index is 86.9. The SMILES string of the molecule is CCC(C)(CC)NC=S. The van der Waals surface area contributed by atoms with Crippen LogP contribution >= 0.6 is 12.2 Å². The summed E-state index contributed by atoms with van der Waals surface area (Å²) in [6.07, 6.45) is 2.24. The van der Waals surface area contributed by atoms with Crippen molar-refractivity contribution in [3.8, 4) is 0 Å². The first-order valence-corrected chi connectivity index (χ1v) is 3.87. The van der Waals surface area contributed by atoms with Crippen molar-refractivity contribution in [1.82, 2.24) is 5.32 Å². The summed E-state index contributed by atoms with van der Waals surface area (Å²) >= 11 is 4.70. The predicted molar refractivity (Wildman–Crippen MR) is 45.8 cm³/mol. The molecule has 54 valence electrons. The van der Waals surface area contributed by atoms with E-state index in [1.54, 1.807) is 5.49 Å². The van der Waals surface area contributed by atoms with Crippen LogP contribution in [0.1, 0.15) is 33.6 Å². The maximum atomic E-state index is 4.70. The van der Waals surface area contributed by atoms with Gasteiger partial charge in [-0.15, -0.1) is 0 Å². The van der Waals surface area contributed by atoms with Crippen LogP contribution in [0.5, 0.6) is 0 Å². The number of hydrogen-bond acceptors (Lipinski definition) is 1. The molecule has 0 rings (SSSR count). The Hall–Kier alpha value is -0.110. The van der Waals surface area contributed by atoms with E-state index in [9.17, 15) is 0 Å². The lowest BCUT2D eigenvalue weighted by Crippen LogP contribution is -2.39. The highest BCUT2D eigenvalue weighted by molar-refractivity contribution is 7.78. The monoisotopic (exact) mass is 145 g/mol. The summed E-state index contributed by atoms with van der Waals surface area (Å²) in [5, 5.41) is 3.15. The Labute approximate surface area is 62.8 Å². The Morgan fingerprint density at radius 1 is 1.44 bits per heavy atom. The van der Waals surface area contributed by atoms with Crippen molar-refractivity contribution in [2.75, 3.05) is 0 Å². The summed E-state index contributed by atoms with van der Waals surface area (Å²) in [4.78, 5) is 0. The van der Waals surface area contributed by atoms with Crippen LogP contribution in [0.3, 0.4) is 0 Å². The first-order chi connectivity index (χ1) is 4.18. The lowest BCUT2D eigenvalue weighted by molar-refractivity contribution is 0.395. The highest BCUT2D eigenvalue weighted by Gasteiger charge is 2.15. The third-order valence-corrected chi connectivity index (χ3v) is 2.09. The fraction of sp³-hybridized carbons (Fsp3) is 0.857. The second-order valence-corrected chi connectivity index (χ2v) is 2.77. The number of hydrogen-bond donors (Lipinski definition) is 1. The third-order valence-electron chi connectivity index (χ3n) is 1.97. The molecular formula is C7H15NS. The summed E-state index contributed by atoms with van der Waals surface area (Å²) < 4.78 is 0. The van der Waals surface area contributed by atoms with Gasteiger partial charge in [-0.05, 0) is 19.8 Å². The largest absolute Gasteiger partial charge is 0.377 e. The fourth-order valence-electron chi connectivity index (χ4n) is 0.596. The molecule has 1 nitrogen and oxygen atoms in total. The van der Waals surface area contributed by atoms with Gasteiger partial charge in [0.05, 0.1) is 5.49 Å². The van der Waals surface area contributed by atoms with Crippen LogP contribution in [0.2, 0.25) is 0 Å². The number of nitrogens with one attached hydrogen (secondary N) is 1. The normalized spacial score (nSPS) is 11.0. The van der Waals surface area contributed by atoms with E-state index in [0.29, 0.717) is 0 Å². The summed E-state index contributed by atoms with van der Waals surface area (Å²) in [7, 11) is 0. The minimum Gasteiger partial charge on any atom is -0.377 e. The molecule has 0 aromatic carbocycles. The quantitative estimate of drug-likeness (QED) is 0.608. The molecule has 0 aliphatic heterocycles. The van der Waals surface area contributed by atoms with Gasteiger partial charge in [-0.2, -0.15) is 0 Å². The van der Waals surface area contributed by atoms with Crippen LogP contribution in [0.4, 0.5) is 0 Å². The standard InChI is InChI=1S/C7H15NS/c1-4-7(3,5-2)8-6-9/h6H,4-5H2,1-3H3,(H,8,9). The van der Waals surface area contributed by atoms with Crippen molar-refractivity contribution >= 4 is 17.7 Å². The molecule has 9 heavy (non-hydrogen) atoms. The number of thiocarbonyl (C=S) groups is 1. The summed E-state index contributed by atoms with van der Waals surface area (Å²) in [5.74, 6) is 0. The average molecular weight is 145 g/mol. The van der Waals surface area contributed by atoms with Gasteiger partial charge in [-0.3, -0.25) is 0 Å². The average Bonchev–Trinajstić information content (AvgIpc) is 1.89. The molecule has 0 unspecified atom stereocenters. The van der Waals surface area contributed by atoms with Crippen molar-refractivity contribution in [3.05, 3.63) is 0 Å². The van der Waals surface area contributed by atoms with Crippen LogP contribution in [-0.4, -0.2) is 11.0 Å². The molecule has 0 saturated carbocycles. The molecule has 1 N–H and O–H groups in total. The number of rotatable bonds is 4. The predicted octanol–water partition coefficient (Wildman–Crippen LogP) is 2.11. The van der Waals surface area contributed by atoms with Gasteiger partial charge in [0.15, 0.2) is 0 Å². The summed E-state index contributed by atoms with van der Waals surface area (Å²) in [6, 6.07) is 0. The minimum atomic E-state index is 0.224. The Balaban J connectivity index is 3.75. The van der Waals surface area contributed by atoms with E-state index in [0.717, 1.165) is 12.8 Å². The van der Waals surface area contributed by atoms with Gasteiger partial charge in [-0.1, -0.05) is 26.1 Å². The molecule has 0 fully saturated rings. The van der Waals surface area contributed by atoms with Gasteiger partial charge in [0.1, 0.15) is 0 Å². The zero-order valence-corrected chi connectivity index (χ0v) is 7.22. The van der Waals surface area contributed by atoms with Crippen LogP contribution in [0, 0.1) is 0 Å². The molecule has 0 saturated heterocycles. The molecule has 0 aromatic rings. The molecule has 0 spiro atoms. The van der Waals surface area contributed by atoms with Crippen molar-refractivity contribution < 1.29 is 0 Å². The van der Waals surface area contributed by atoms with E-state index in [1.165, 1.54) is 0 Å². The van der Waals surface area contributed by atoms with Crippen LogP contribution in [0.15, 0.2) is 0 Å². The van der Waals surface area contributed by atoms with E-state index in [4.69, 9.17) is 12.2 Å². The van der Waals surface area contributed by atoms with E-state index in [-0.39, 0.29) is 5.54 Å².